The van der Waals surface area contributed by atoms with Crippen LogP contribution in [0.25, 0.3) is 11.3 Å². The van der Waals surface area contributed by atoms with Gasteiger partial charge in [0.1, 0.15) is 17.3 Å². The molecule has 3 aliphatic rings. The first-order valence-electron chi connectivity index (χ1n) is 12.4. The Morgan fingerprint density at radius 2 is 1.68 bits per heavy atom. The lowest BCUT2D eigenvalue weighted by molar-refractivity contribution is 0.235. The predicted octanol–water partition coefficient (Wildman–Crippen LogP) is 6.15. The molecule has 1 fully saturated rings. The van der Waals surface area contributed by atoms with Gasteiger partial charge in [0.25, 0.3) is 0 Å². The zero-order valence-corrected chi connectivity index (χ0v) is 21.4. The van der Waals surface area contributed by atoms with E-state index in [0.717, 1.165) is 17.7 Å². The molecule has 1 aromatic carbocycles. The highest BCUT2D eigenvalue weighted by molar-refractivity contribution is 6.14. The summed E-state index contributed by atoms with van der Waals surface area (Å²) in [5, 5.41) is 17.4. The van der Waals surface area contributed by atoms with Gasteiger partial charge in [0.05, 0.1) is 40.0 Å². The lowest BCUT2D eigenvalue weighted by Gasteiger charge is -2.37. The van der Waals surface area contributed by atoms with Crippen molar-refractivity contribution in [2.24, 2.45) is 21.0 Å². The van der Waals surface area contributed by atoms with Crippen LogP contribution in [0.3, 0.4) is 0 Å². The lowest BCUT2D eigenvalue weighted by Crippen LogP contribution is -2.39. The van der Waals surface area contributed by atoms with Gasteiger partial charge in [0, 0.05) is 11.8 Å². The molecule has 0 radical (unpaired) electrons. The van der Waals surface area contributed by atoms with Gasteiger partial charge in [-0.15, -0.1) is 5.10 Å². The molecule has 190 valence electrons. The van der Waals surface area contributed by atoms with Gasteiger partial charge in [-0.3, -0.25) is 0 Å². The molecule has 2 aliphatic carbocycles. The minimum atomic E-state index is -0.860. The Labute approximate surface area is 213 Å². The molecule has 2 atom stereocenters. The van der Waals surface area contributed by atoms with Crippen molar-refractivity contribution in [2.45, 2.75) is 65.2 Å². The van der Waals surface area contributed by atoms with Crippen molar-refractivity contribution in [3.8, 4) is 11.3 Å². The Balaban J connectivity index is 1.47. The Morgan fingerprint density at radius 3 is 2.35 bits per heavy atom. The van der Waals surface area contributed by atoms with Crippen molar-refractivity contribution in [1.29, 1.82) is 0 Å². The van der Waals surface area contributed by atoms with E-state index in [9.17, 15) is 8.78 Å². The molecular weight excluding hydrogens is 477 g/mol. The minimum absolute atomic E-state index is 0.00375. The van der Waals surface area contributed by atoms with Crippen LogP contribution in [0.2, 0.25) is 0 Å². The molecule has 6 rings (SSSR count). The zero-order chi connectivity index (χ0) is 26.3. The van der Waals surface area contributed by atoms with Gasteiger partial charge < -0.3 is 0 Å². The number of hydrogen-bond acceptors (Lipinski definition) is 6. The minimum Gasteiger partial charge on any atom is -0.232 e. The second-order valence-corrected chi connectivity index (χ2v) is 11.8. The highest BCUT2D eigenvalue weighted by atomic mass is 19.1. The van der Waals surface area contributed by atoms with Crippen molar-refractivity contribution in [3.63, 3.8) is 0 Å². The van der Waals surface area contributed by atoms with Crippen LogP contribution in [-0.2, 0) is 5.41 Å². The number of nitrogens with zero attached hydrogens (tertiary/aromatic N) is 6. The molecule has 2 aromatic heterocycles. The van der Waals surface area contributed by atoms with E-state index in [2.05, 4.69) is 60.0 Å². The van der Waals surface area contributed by atoms with Crippen LogP contribution < -0.4 is 0 Å². The van der Waals surface area contributed by atoms with Gasteiger partial charge in [-0.05, 0) is 47.9 Å². The van der Waals surface area contributed by atoms with E-state index in [1.807, 2.05) is 0 Å². The summed E-state index contributed by atoms with van der Waals surface area (Å²) in [4.78, 5) is 9.00. The van der Waals surface area contributed by atoms with Crippen molar-refractivity contribution < 1.29 is 13.2 Å². The van der Waals surface area contributed by atoms with E-state index in [1.54, 1.807) is 6.07 Å². The third-order valence-corrected chi connectivity index (χ3v) is 8.50. The highest BCUT2D eigenvalue weighted by Gasteiger charge is 2.66. The van der Waals surface area contributed by atoms with Gasteiger partial charge >= 0.3 is 0 Å². The van der Waals surface area contributed by atoms with Gasteiger partial charge in [-0.25, -0.2) is 23.1 Å². The van der Waals surface area contributed by atoms with E-state index in [1.165, 1.54) is 24.4 Å². The van der Waals surface area contributed by atoms with Gasteiger partial charge in [-0.2, -0.15) is 15.3 Å². The smallest absolute Gasteiger partial charge is 0.176 e. The zero-order valence-electron chi connectivity index (χ0n) is 21.4. The number of rotatable bonds is 3. The van der Waals surface area contributed by atoms with E-state index in [4.69, 9.17) is 4.98 Å². The second-order valence-electron chi connectivity index (χ2n) is 11.8. The molecule has 0 saturated heterocycles. The van der Waals surface area contributed by atoms with Gasteiger partial charge in [0.15, 0.2) is 11.6 Å². The Hall–Kier alpha value is -3.49. The second kappa shape index (κ2) is 7.76. The first kappa shape index (κ1) is 23.9. The summed E-state index contributed by atoms with van der Waals surface area (Å²) in [6, 6.07) is 5.42. The lowest BCUT2D eigenvalue weighted by atomic mass is 9.66. The fourth-order valence-corrected chi connectivity index (χ4v) is 6.41. The molecule has 9 heteroatoms. The third-order valence-electron chi connectivity index (χ3n) is 8.50. The highest BCUT2D eigenvalue weighted by Crippen LogP contribution is 2.69. The molecule has 2 bridgehead atoms. The van der Waals surface area contributed by atoms with E-state index < -0.39 is 28.3 Å². The summed E-state index contributed by atoms with van der Waals surface area (Å²) in [5.74, 6) is -1.57. The number of benzene rings is 1. The molecule has 6 nitrogen and oxygen atoms in total. The average molecular weight is 505 g/mol. The van der Waals surface area contributed by atoms with Gasteiger partial charge in [0.2, 0.25) is 0 Å². The number of aromatic nitrogens is 4. The van der Waals surface area contributed by atoms with E-state index in [-0.39, 0.29) is 28.3 Å². The Morgan fingerprint density at radius 1 is 0.946 bits per heavy atom. The Bertz CT molecular complexity index is 1500. The fraction of sp³-hybridized carbons (Fsp3) is 0.429. The molecular formula is C28H27F3N6. The fourth-order valence-electron chi connectivity index (χ4n) is 6.41. The molecule has 37 heavy (non-hydrogen) atoms. The van der Waals surface area contributed by atoms with Crippen LogP contribution in [-0.4, -0.2) is 31.6 Å². The van der Waals surface area contributed by atoms with Crippen molar-refractivity contribution in [3.05, 3.63) is 70.7 Å². The number of halogens is 3. The number of hydrogen-bond donors (Lipinski definition) is 0. The standard InChI is InChI=1S/C28H27F3N6/c1-26(2,3)21-12-20(35-36-21)25-32-13-18(31)24(33-25)28-10-9-15(27(28,4)5)14-11-19(34-37-23(14)28)22-16(29)7-6-8-17(22)30/h6-8,11,13,15H,9-10,12H2,1-5H3/t15-,28+/m0/s1. The molecule has 0 unspecified atom stereocenters. The quantitative estimate of drug-likeness (QED) is 0.429. The van der Waals surface area contributed by atoms with Crippen LogP contribution in [0.15, 0.2) is 40.7 Å². The SMILES string of the molecule is CC(C)(C)C1=NN=C(c2ncc(F)c([C@@]34CC[C@@H](c5cc(-c6c(F)cccc6F)nnc53)C4(C)C)n2)C1. The summed E-state index contributed by atoms with van der Waals surface area (Å²) in [6.45, 7) is 10.3. The molecule has 0 N–H and O–H groups in total. The van der Waals surface area contributed by atoms with Crippen LogP contribution in [0, 0.1) is 28.3 Å². The first-order chi connectivity index (χ1) is 17.4. The summed E-state index contributed by atoms with van der Waals surface area (Å²) in [7, 11) is 0. The normalized spacial score (nSPS) is 23.7. The molecule has 1 aliphatic heterocycles. The van der Waals surface area contributed by atoms with E-state index in [0.29, 0.717) is 30.1 Å². The van der Waals surface area contributed by atoms with Gasteiger partial charge in [-0.1, -0.05) is 40.7 Å². The first-order valence-corrected chi connectivity index (χ1v) is 12.4. The topological polar surface area (TPSA) is 76.3 Å². The summed E-state index contributed by atoms with van der Waals surface area (Å²) < 4.78 is 44.6. The van der Waals surface area contributed by atoms with Crippen LogP contribution in [0.1, 0.15) is 82.6 Å². The van der Waals surface area contributed by atoms with Crippen LogP contribution in [0.4, 0.5) is 13.2 Å². The number of fused-ring (bicyclic) bond motifs is 5. The van der Waals surface area contributed by atoms with Crippen molar-refractivity contribution >= 4 is 11.4 Å². The van der Waals surface area contributed by atoms with Crippen LogP contribution in [0.5, 0.6) is 0 Å². The molecule has 0 spiro atoms. The summed E-state index contributed by atoms with van der Waals surface area (Å²) >= 11 is 0. The predicted molar refractivity (Wildman–Crippen MR) is 134 cm³/mol. The Kier molecular flexibility index (Phi) is 5.01. The van der Waals surface area contributed by atoms with Crippen LogP contribution >= 0.6 is 0 Å². The molecule has 3 heterocycles. The monoisotopic (exact) mass is 504 g/mol. The maximum atomic E-state index is 15.6. The molecule has 3 aromatic rings. The largest absolute Gasteiger partial charge is 0.232 e. The maximum Gasteiger partial charge on any atom is 0.176 e. The third kappa shape index (κ3) is 3.25. The summed E-state index contributed by atoms with van der Waals surface area (Å²) in [6.07, 6.45) is 3.09. The molecule has 0 amide bonds. The molecule has 1 saturated carbocycles. The maximum absolute atomic E-state index is 15.6. The van der Waals surface area contributed by atoms with E-state index >= 15 is 4.39 Å². The van der Waals surface area contributed by atoms with Crippen molar-refractivity contribution in [1.82, 2.24) is 20.2 Å². The average Bonchev–Trinajstić information content (AvgIpc) is 3.48. The summed E-state index contributed by atoms with van der Waals surface area (Å²) in [5.41, 5.74) is 1.66. The van der Waals surface area contributed by atoms with Crippen molar-refractivity contribution in [2.75, 3.05) is 0 Å².